The highest BCUT2D eigenvalue weighted by Gasteiger charge is 2.25. The van der Waals surface area contributed by atoms with Crippen molar-refractivity contribution in [1.82, 2.24) is 19.4 Å². The van der Waals surface area contributed by atoms with E-state index in [9.17, 15) is 14.9 Å². The molecule has 21 heavy (non-hydrogen) atoms. The average molecular weight is 308 g/mol. The Balaban J connectivity index is 1.89. The maximum Gasteiger partial charge on any atom is 0.288 e. The lowest BCUT2D eigenvalue weighted by Crippen LogP contribution is -2.38. The molecule has 0 N–H and O–H groups in total. The Morgan fingerprint density at radius 2 is 2.19 bits per heavy atom. The topological polar surface area (TPSA) is 94.2 Å². The number of pyridine rings is 1. The van der Waals surface area contributed by atoms with Gasteiger partial charge in [0.2, 0.25) is 0 Å². The second kappa shape index (κ2) is 5.13. The second-order valence-electron chi connectivity index (χ2n) is 4.55. The van der Waals surface area contributed by atoms with Gasteiger partial charge in [-0.3, -0.25) is 14.9 Å². The molecule has 0 fully saturated rings. The molecule has 0 atom stereocenters. The number of amides is 1. The first-order valence-corrected chi connectivity index (χ1v) is 6.53. The van der Waals surface area contributed by atoms with Crippen LogP contribution in [0.2, 0.25) is 5.15 Å². The SMILES string of the molecule is O=C(c1cc([N+](=O)[O-])cnc1Cl)N1CCn2ccnc2C1. The van der Waals surface area contributed by atoms with Gasteiger partial charge in [0.15, 0.2) is 0 Å². The number of hydrogen-bond acceptors (Lipinski definition) is 5. The molecular weight excluding hydrogens is 298 g/mol. The molecule has 3 rings (SSSR count). The van der Waals surface area contributed by atoms with Crippen LogP contribution in [0.15, 0.2) is 24.7 Å². The van der Waals surface area contributed by atoms with Gasteiger partial charge in [-0.15, -0.1) is 0 Å². The summed E-state index contributed by atoms with van der Waals surface area (Å²) >= 11 is 5.89. The number of imidazole rings is 1. The summed E-state index contributed by atoms with van der Waals surface area (Å²) in [5, 5.41) is 10.7. The highest BCUT2D eigenvalue weighted by molar-refractivity contribution is 6.32. The van der Waals surface area contributed by atoms with Crippen LogP contribution in [0.1, 0.15) is 16.2 Å². The molecule has 1 aliphatic rings. The monoisotopic (exact) mass is 307 g/mol. The molecule has 0 bridgehead atoms. The number of nitro groups is 1. The lowest BCUT2D eigenvalue weighted by Gasteiger charge is -2.27. The van der Waals surface area contributed by atoms with Gasteiger partial charge in [0.05, 0.1) is 17.0 Å². The Labute approximate surface area is 124 Å². The molecule has 3 heterocycles. The molecule has 0 radical (unpaired) electrons. The number of hydrogen-bond donors (Lipinski definition) is 0. The molecule has 0 aromatic carbocycles. The number of aromatic nitrogens is 3. The molecule has 8 nitrogen and oxygen atoms in total. The number of fused-ring (bicyclic) bond motifs is 1. The Kier molecular flexibility index (Phi) is 3.30. The summed E-state index contributed by atoms with van der Waals surface area (Å²) in [5.74, 6) is 0.384. The van der Waals surface area contributed by atoms with Crippen LogP contribution in [0.5, 0.6) is 0 Å². The van der Waals surface area contributed by atoms with E-state index in [2.05, 4.69) is 9.97 Å². The van der Waals surface area contributed by atoms with E-state index in [1.54, 1.807) is 11.1 Å². The Morgan fingerprint density at radius 3 is 2.95 bits per heavy atom. The normalized spacial score (nSPS) is 13.9. The van der Waals surface area contributed by atoms with Gasteiger partial charge >= 0.3 is 0 Å². The number of rotatable bonds is 2. The molecule has 2 aromatic heterocycles. The first kappa shape index (κ1) is 13.5. The molecule has 1 amide bonds. The fourth-order valence-electron chi connectivity index (χ4n) is 2.20. The van der Waals surface area contributed by atoms with Crippen LogP contribution in [-0.4, -0.2) is 36.8 Å². The van der Waals surface area contributed by atoms with Crippen molar-refractivity contribution in [1.29, 1.82) is 0 Å². The molecule has 1 aliphatic heterocycles. The summed E-state index contributed by atoms with van der Waals surface area (Å²) < 4.78 is 1.96. The van der Waals surface area contributed by atoms with E-state index >= 15 is 0 Å². The lowest BCUT2D eigenvalue weighted by atomic mass is 10.2. The highest BCUT2D eigenvalue weighted by Crippen LogP contribution is 2.22. The number of halogens is 1. The van der Waals surface area contributed by atoms with E-state index in [1.165, 1.54) is 0 Å². The summed E-state index contributed by atoms with van der Waals surface area (Å²) in [6.45, 7) is 1.45. The van der Waals surface area contributed by atoms with Crippen molar-refractivity contribution in [3.8, 4) is 0 Å². The molecule has 108 valence electrons. The third-order valence-corrected chi connectivity index (χ3v) is 3.60. The quantitative estimate of drug-likeness (QED) is 0.476. The van der Waals surface area contributed by atoms with Crippen LogP contribution < -0.4 is 0 Å². The Morgan fingerprint density at radius 1 is 1.38 bits per heavy atom. The second-order valence-corrected chi connectivity index (χ2v) is 4.91. The van der Waals surface area contributed by atoms with Gasteiger partial charge in [-0.25, -0.2) is 9.97 Å². The van der Waals surface area contributed by atoms with Gasteiger partial charge in [-0.1, -0.05) is 11.6 Å². The summed E-state index contributed by atoms with van der Waals surface area (Å²) in [6.07, 6.45) is 4.55. The zero-order valence-electron chi connectivity index (χ0n) is 10.8. The van der Waals surface area contributed by atoms with Crippen LogP contribution >= 0.6 is 11.6 Å². The summed E-state index contributed by atoms with van der Waals surface area (Å²) in [6, 6.07) is 1.15. The highest BCUT2D eigenvalue weighted by atomic mass is 35.5. The minimum absolute atomic E-state index is 0.0332. The van der Waals surface area contributed by atoms with Crippen LogP contribution in [-0.2, 0) is 13.1 Å². The predicted molar refractivity (Wildman–Crippen MR) is 72.9 cm³/mol. The zero-order valence-corrected chi connectivity index (χ0v) is 11.5. The van der Waals surface area contributed by atoms with Gasteiger partial charge in [-0.2, -0.15) is 0 Å². The number of nitrogens with zero attached hydrogens (tertiary/aromatic N) is 5. The van der Waals surface area contributed by atoms with Crippen molar-refractivity contribution < 1.29 is 9.72 Å². The van der Waals surface area contributed by atoms with Gasteiger partial charge in [0, 0.05) is 31.5 Å². The Bertz CT molecular complexity index is 729. The van der Waals surface area contributed by atoms with E-state index in [0.717, 1.165) is 18.1 Å². The van der Waals surface area contributed by atoms with Gasteiger partial charge in [-0.05, 0) is 0 Å². The Hall–Kier alpha value is -2.48. The van der Waals surface area contributed by atoms with E-state index in [4.69, 9.17) is 11.6 Å². The first-order chi connectivity index (χ1) is 10.1. The fraction of sp³-hybridized carbons (Fsp3) is 0.250. The molecule has 9 heteroatoms. The van der Waals surface area contributed by atoms with Crippen molar-refractivity contribution in [2.75, 3.05) is 6.54 Å². The average Bonchev–Trinajstić information content (AvgIpc) is 2.94. The molecule has 0 spiro atoms. The third-order valence-electron chi connectivity index (χ3n) is 3.30. The molecule has 2 aromatic rings. The molecule has 0 aliphatic carbocycles. The van der Waals surface area contributed by atoms with Crippen molar-refractivity contribution in [2.45, 2.75) is 13.1 Å². The summed E-state index contributed by atoms with van der Waals surface area (Å²) in [4.78, 5) is 32.1. The van der Waals surface area contributed by atoms with E-state index < -0.39 is 4.92 Å². The van der Waals surface area contributed by atoms with Crippen molar-refractivity contribution in [2.24, 2.45) is 0 Å². The smallest absolute Gasteiger partial charge is 0.288 e. The molecule has 0 saturated heterocycles. The number of carbonyl (C=O) groups excluding carboxylic acids is 1. The zero-order chi connectivity index (χ0) is 15.0. The fourth-order valence-corrected chi connectivity index (χ4v) is 2.39. The summed E-state index contributed by atoms with van der Waals surface area (Å²) in [7, 11) is 0. The largest absolute Gasteiger partial charge is 0.332 e. The van der Waals surface area contributed by atoms with E-state index in [0.29, 0.717) is 19.6 Å². The van der Waals surface area contributed by atoms with Gasteiger partial charge in [0.25, 0.3) is 11.6 Å². The van der Waals surface area contributed by atoms with Gasteiger partial charge in [0.1, 0.15) is 17.2 Å². The minimum Gasteiger partial charge on any atom is -0.332 e. The summed E-state index contributed by atoms with van der Waals surface area (Å²) in [5.41, 5.74) is -0.230. The predicted octanol–water partition coefficient (Wildman–Crippen LogP) is 1.50. The lowest BCUT2D eigenvalue weighted by molar-refractivity contribution is -0.385. The standard InChI is InChI=1S/C12H10ClN5O3/c13-11-9(5-8(6-15-11)18(20)21)12(19)17-4-3-16-2-1-14-10(16)7-17/h1-2,5-6H,3-4,7H2. The molecular formula is C12H10ClN5O3. The minimum atomic E-state index is -0.608. The number of carbonyl (C=O) groups is 1. The van der Waals surface area contributed by atoms with Crippen molar-refractivity contribution >= 4 is 23.2 Å². The molecule has 0 unspecified atom stereocenters. The van der Waals surface area contributed by atoms with Crippen LogP contribution in [0.25, 0.3) is 0 Å². The first-order valence-electron chi connectivity index (χ1n) is 6.15. The molecule has 0 saturated carbocycles. The van der Waals surface area contributed by atoms with E-state index in [1.807, 2.05) is 10.8 Å². The third kappa shape index (κ3) is 2.45. The maximum absolute atomic E-state index is 12.5. The van der Waals surface area contributed by atoms with E-state index in [-0.39, 0.29) is 22.3 Å². The van der Waals surface area contributed by atoms with Gasteiger partial charge < -0.3 is 9.47 Å². The van der Waals surface area contributed by atoms with Crippen LogP contribution in [0, 0.1) is 10.1 Å². The van der Waals surface area contributed by atoms with Crippen LogP contribution in [0.4, 0.5) is 5.69 Å². The van der Waals surface area contributed by atoms with Crippen molar-refractivity contribution in [3.63, 3.8) is 0 Å². The maximum atomic E-state index is 12.5. The van der Waals surface area contributed by atoms with Crippen molar-refractivity contribution in [3.05, 3.63) is 51.3 Å². The van der Waals surface area contributed by atoms with Crippen LogP contribution in [0.3, 0.4) is 0 Å².